The minimum Gasteiger partial charge on any atom is -0.388 e. The number of hydrogen-bond donors (Lipinski definition) is 2. The topological polar surface area (TPSA) is 49.3 Å². The molecule has 0 aliphatic rings. The third-order valence-electron chi connectivity index (χ3n) is 1.41. The molecule has 0 rings (SSSR count). The van der Waals surface area contributed by atoms with Crippen LogP contribution >= 0.6 is 0 Å². The zero-order valence-corrected chi connectivity index (χ0v) is 7.42. The SMILES string of the molecule is CC(C)CC(C)(O)CNC=O. The predicted molar refractivity (Wildman–Crippen MR) is 44.1 cm³/mol. The molecular weight excluding hydrogens is 142 g/mol. The van der Waals surface area contributed by atoms with Gasteiger partial charge in [0.15, 0.2) is 0 Å². The lowest BCUT2D eigenvalue weighted by molar-refractivity contribution is -0.110. The molecule has 0 bridgehead atoms. The van der Waals surface area contributed by atoms with Gasteiger partial charge in [-0.05, 0) is 19.3 Å². The van der Waals surface area contributed by atoms with Crippen LogP contribution in [0.4, 0.5) is 0 Å². The first-order valence-electron chi connectivity index (χ1n) is 3.87. The molecule has 11 heavy (non-hydrogen) atoms. The van der Waals surface area contributed by atoms with Crippen LogP contribution in [0.15, 0.2) is 0 Å². The van der Waals surface area contributed by atoms with Crippen molar-refractivity contribution in [3.63, 3.8) is 0 Å². The van der Waals surface area contributed by atoms with Crippen LogP contribution in [0.25, 0.3) is 0 Å². The lowest BCUT2D eigenvalue weighted by atomic mass is 9.94. The van der Waals surface area contributed by atoms with Gasteiger partial charge in [0.25, 0.3) is 0 Å². The van der Waals surface area contributed by atoms with Gasteiger partial charge < -0.3 is 10.4 Å². The number of aliphatic hydroxyl groups is 1. The maximum absolute atomic E-state index is 9.92. The van der Waals surface area contributed by atoms with E-state index >= 15 is 0 Å². The molecule has 0 aromatic heterocycles. The second-order valence-corrected chi connectivity index (χ2v) is 3.59. The Hall–Kier alpha value is -0.570. The number of nitrogens with one attached hydrogen (secondary N) is 1. The van der Waals surface area contributed by atoms with Crippen LogP contribution in [0.1, 0.15) is 27.2 Å². The van der Waals surface area contributed by atoms with Crippen molar-refractivity contribution in [2.45, 2.75) is 32.8 Å². The number of carbonyl (C=O) groups is 1. The molecule has 0 spiro atoms. The van der Waals surface area contributed by atoms with Crippen LogP contribution in [0.5, 0.6) is 0 Å². The van der Waals surface area contributed by atoms with Crippen LogP contribution in [-0.4, -0.2) is 23.7 Å². The molecule has 0 aromatic rings. The number of hydrogen-bond acceptors (Lipinski definition) is 2. The Balaban J connectivity index is 3.69. The fourth-order valence-corrected chi connectivity index (χ4v) is 1.21. The number of carbonyl (C=O) groups excluding carboxylic acids is 1. The molecule has 3 nitrogen and oxygen atoms in total. The van der Waals surface area contributed by atoms with E-state index in [1.807, 2.05) is 13.8 Å². The van der Waals surface area contributed by atoms with E-state index in [4.69, 9.17) is 0 Å². The third kappa shape index (κ3) is 5.85. The van der Waals surface area contributed by atoms with Gasteiger partial charge in [-0.3, -0.25) is 4.79 Å². The molecule has 0 fully saturated rings. The smallest absolute Gasteiger partial charge is 0.207 e. The van der Waals surface area contributed by atoms with Gasteiger partial charge in [0, 0.05) is 6.54 Å². The van der Waals surface area contributed by atoms with Crippen molar-refractivity contribution in [2.24, 2.45) is 5.92 Å². The first-order valence-corrected chi connectivity index (χ1v) is 3.87. The van der Waals surface area contributed by atoms with E-state index < -0.39 is 5.60 Å². The van der Waals surface area contributed by atoms with Crippen LogP contribution in [0.2, 0.25) is 0 Å². The molecule has 3 heteroatoms. The van der Waals surface area contributed by atoms with E-state index in [0.717, 1.165) is 0 Å². The summed E-state index contributed by atoms with van der Waals surface area (Å²) in [6.45, 7) is 6.13. The summed E-state index contributed by atoms with van der Waals surface area (Å²) >= 11 is 0. The van der Waals surface area contributed by atoms with E-state index in [1.165, 1.54) is 0 Å². The molecule has 2 N–H and O–H groups in total. The van der Waals surface area contributed by atoms with Crippen LogP contribution < -0.4 is 5.32 Å². The maximum Gasteiger partial charge on any atom is 0.207 e. The molecule has 1 amide bonds. The monoisotopic (exact) mass is 159 g/mol. The van der Waals surface area contributed by atoms with Gasteiger partial charge in [-0.2, -0.15) is 0 Å². The summed E-state index contributed by atoms with van der Waals surface area (Å²) in [4.78, 5) is 9.92. The fourth-order valence-electron chi connectivity index (χ4n) is 1.21. The Kier molecular flexibility index (Phi) is 4.11. The van der Waals surface area contributed by atoms with Gasteiger partial charge >= 0.3 is 0 Å². The van der Waals surface area contributed by atoms with Gasteiger partial charge in [-0.1, -0.05) is 13.8 Å². The van der Waals surface area contributed by atoms with E-state index in [-0.39, 0.29) is 0 Å². The van der Waals surface area contributed by atoms with Gasteiger partial charge in [0.05, 0.1) is 5.60 Å². The Morgan fingerprint density at radius 2 is 2.18 bits per heavy atom. The largest absolute Gasteiger partial charge is 0.388 e. The second kappa shape index (κ2) is 4.34. The van der Waals surface area contributed by atoms with E-state index in [0.29, 0.717) is 25.3 Å². The molecule has 66 valence electrons. The van der Waals surface area contributed by atoms with Gasteiger partial charge in [0.1, 0.15) is 0 Å². The van der Waals surface area contributed by atoms with Crippen LogP contribution in [0.3, 0.4) is 0 Å². The van der Waals surface area contributed by atoms with Crippen molar-refractivity contribution in [1.29, 1.82) is 0 Å². The van der Waals surface area contributed by atoms with Gasteiger partial charge in [0.2, 0.25) is 6.41 Å². The molecule has 1 unspecified atom stereocenters. The quantitative estimate of drug-likeness (QED) is 0.575. The molecule has 0 heterocycles. The third-order valence-corrected chi connectivity index (χ3v) is 1.41. The van der Waals surface area contributed by atoms with Crippen molar-refractivity contribution in [2.75, 3.05) is 6.54 Å². The summed E-state index contributed by atoms with van der Waals surface area (Å²) in [5.41, 5.74) is -0.769. The predicted octanol–water partition coefficient (Wildman–Crippen LogP) is 0.529. The van der Waals surface area contributed by atoms with Crippen molar-refractivity contribution < 1.29 is 9.90 Å². The van der Waals surface area contributed by atoms with Crippen molar-refractivity contribution >= 4 is 6.41 Å². The molecule has 1 atom stereocenters. The van der Waals surface area contributed by atoms with Gasteiger partial charge in [-0.15, -0.1) is 0 Å². The molecule has 0 radical (unpaired) electrons. The second-order valence-electron chi connectivity index (χ2n) is 3.59. The van der Waals surface area contributed by atoms with Crippen molar-refractivity contribution in [1.82, 2.24) is 5.32 Å². The van der Waals surface area contributed by atoms with Crippen molar-refractivity contribution in [3.8, 4) is 0 Å². The highest BCUT2D eigenvalue weighted by Crippen LogP contribution is 2.14. The molecule has 0 aliphatic heterocycles. The summed E-state index contributed by atoms with van der Waals surface area (Å²) in [7, 11) is 0. The first kappa shape index (κ1) is 10.4. The molecular formula is C8H17NO2. The zero-order valence-electron chi connectivity index (χ0n) is 7.42. The summed E-state index contributed by atoms with van der Waals surface area (Å²) in [6, 6.07) is 0. The summed E-state index contributed by atoms with van der Waals surface area (Å²) in [6.07, 6.45) is 1.31. The Morgan fingerprint density at radius 1 is 1.64 bits per heavy atom. The van der Waals surface area contributed by atoms with Crippen LogP contribution in [-0.2, 0) is 4.79 Å². The average Bonchev–Trinajstić information content (AvgIpc) is 1.81. The Morgan fingerprint density at radius 3 is 2.55 bits per heavy atom. The lowest BCUT2D eigenvalue weighted by Crippen LogP contribution is -2.38. The normalized spacial score (nSPS) is 16.1. The average molecular weight is 159 g/mol. The minimum atomic E-state index is -0.769. The number of amides is 1. The Labute approximate surface area is 67.8 Å². The van der Waals surface area contributed by atoms with Crippen LogP contribution in [0, 0.1) is 5.92 Å². The fraction of sp³-hybridized carbons (Fsp3) is 0.875. The van der Waals surface area contributed by atoms with Gasteiger partial charge in [-0.25, -0.2) is 0 Å². The van der Waals surface area contributed by atoms with E-state index in [9.17, 15) is 9.90 Å². The molecule has 0 aromatic carbocycles. The minimum absolute atomic E-state index is 0.328. The summed E-state index contributed by atoms with van der Waals surface area (Å²) in [5.74, 6) is 0.443. The summed E-state index contributed by atoms with van der Waals surface area (Å²) in [5, 5.41) is 12.1. The molecule has 0 saturated heterocycles. The van der Waals surface area contributed by atoms with E-state index in [2.05, 4.69) is 5.32 Å². The highest BCUT2D eigenvalue weighted by Gasteiger charge is 2.20. The summed E-state index contributed by atoms with van der Waals surface area (Å²) < 4.78 is 0. The lowest BCUT2D eigenvalue weighted by Gasteiger charge is -2.24. The standard InChI is InChI=1S/C8H17NO2/c1-7(2)4-8(3,11)5-9-6-10/h6-7,11H,4-5H2,1-3H3,(H,9,10). The number of rotatable bonds is 5. The zero-order chi connectivity index (χ0) is 8.91. The molecule has 0 aliphatic carbocycles. The Bertz CT molecular complexity index is 121. The highest BCUT2D eigenvalue weighted by atomic mass is 16.3. The van der Waals surface area contributed by atoms with Crippen molar-refractivity contribution in [3.05, 3.63) is 0 Å². The highest BCUT2D eigenvalue weighted by molar-refractivity contribution is 5.46. The molecule has 0 saturated carbocycles. The first-order chi connectivity index (χ1) is 4.98. The maximum atomic E-state index is 9.92. The van der Waals surface area contributed by atoms with E-state index in [1.54, 1.807) is 6.92 Å².